The Morgan fingerprint density at radius 3 is 2.60 bits per heavy atom. The number of nitrogens with one attached hydrogen (secondary N) is 1. The number of carbonyl (C=O) groups is 1. The van der Waals surface area contributed by atoms with Crippen molar-refractivity contribution in [2.24, 2.45) is 0 Å². The number of alkyl halides is 2. The maximum absolute atomic E-state index is 11.9. The molecule has 1 rings (SSSR count). The molecule has 3 N–H and O–H groups in total. The molecule has 7 heteroatoms. The molecule has 0 saturated carbocycles. The Bertz CT molecular complexity index is 359. The summed E-state index contributed by atoms with van der Waals surface area (Å²) < 4.78 is 23.7. The fourth-order valence-electron chi connectivity index (χ4n) is 0.974. The van der Waals surface area contributed by atoms with E-state index in [2.05, 4.69) is 0 Å². The van der Waals surface area contributed by atoms with Crippen LogP contribution in [0.1, 0.15) is 0 Å². The molecule has 80 valence electrons. The highest BCUT2D eigenvalue weighted by Gasteiger charge is 2.16. The average molecular weight is 215 g/mol. The fraction of sp³-hybridized carbons (Fsp3) is 0.125. The van der Waals surface area contributed by atoms with E-state index in [-0.39, 0.29) is 11.2 Å². The molecule has 0 fully saturated rings. The van der Waals surface area contributed by atoms with Crippen LogP contribution in [0.4, 0.5) is 14.5 Å². The monoisotopic (exact) mass is 215 g/mol. The van der Waals surface area contributed by atoms with Crippen molar-refractivity contribution >= 4 is 24.2 Å². The van der Waals surface area contributed by atoms with E-state index in [1.165, 1.54) is 24.3 Å². The van der Waals surface area contributed by atoms with Crippen molar-refractivity contribution in [1.82, 2.24) is 0 Å². The van der Waals surface area contributed by atoms with Gasteiger partial charge in [0.1, 0.15) is 0 Å². The van der Waals surface area contributed by atoms with E-state index in [0.717, 1.165) is 0 Å². The number of carbonyl (C=O) groups excluding carboxylic acids is 1. The Balaban J connectivity index is 2.78. The van der Waals surface area contributed by atoms with E-state index in [9.17, 15) is 13.6 Å². The first-order valence-electron chi connectivity index (χ1n) is 4.06. The van der Waals surface area contributed by atoms with Gasteiger partial charge in [-0.15, -0.1) is 0 Å². The topological polar surface area (TPSA) is 69.6 Å². The summed E-state index contributed by atoms with van der Waals surface area (Å²) in [7, 11) is -1.70. The molecule has 4 nitrogen and oxygen atoms in total. The summed E-state index contributed by atoms with van der Waals surface area (Å²) in [6, 6.07) is 5.37. The van der Waals surface area contributed by atoms with Crippen LogP contribution in [0.3, 0.4) is 0 Å². The summed E-state index contributed by atoms with van der Waals surface area (Å²) in [5, 5.41) is 19.5. The third-order valence-electron chi connectivity index (χ3n) is 1.65. The van der Waals surface area contributed by atoms with Crippen LogP contribution in [0.15, 0.2) is 24.3 Å². The number of hydrogen-bond acceptors (Lipinski definition) is 3. The lowest BCUT2D eigenvalue weighted by molar-refractivity contribution is -0.126. The van der Waals surface area contributed by atoms with Gasteiger partial charge >= 0.3 is 13.5 Å². The lowest BCUT2D eigenvalue weighted by atomic mass is 9.80. The molecule has 1 amide bonds. The summed E-state index contributed by atoms with van der Waals surface area (Å²) in [5.74, 6) is -1.43. The van der Waals surface area contributed by atoms with E-state index >= 15 is 0 Å². The number of rotatable bonds is 3. The van der Waals surface area contributed by atoms with E-state index in [0.29, 0.717) is 0 Å². The predicted octanol–water partition coefficient (Wildman–Crippen LogP) is -0.430. The number of benzene rings is 1. The molecular formula is C8H8BF2NO3. The first-order chi connectivity index (χ1) is 7.00. The van der Waals surface area contributed by atoms with Gasteiger partial charge < -0.3 is 15.4 Å². The Hall–Kier alpha value is -1.47. The predicted molar refractivity (Wildman–Crippen MR) is 50.9 cm³/mol. The van der Waals surface area contributed by atoms with Gasteiger partial charge in [-0.3, -0.25) is 4.79 Å². The fourth-order valence-corrected chi connectivity index (χ4v) is 0.974. The van der Waals surface area contributed by atoms with E-state index in [1.54, 1.807) is 0 Å². The summed E-state index contributed by atoms with van der Waals surface area (Å²) >= 11 is 0. The van der Waals surface area contributed by atoms with Gasteiger partial charge in [0.25, 0.3) is 5.91 Å². The normalized spacial score (nSPS) is 10.2. The molecule has 1 aromatic carbocycles. The largest absolute Gasteiger partial charge is 0.488 e. The van der Waals surface area contributed by atoms with Crippen LogP contribution >= 0.6 is 0 Å². The summed E-state index contributed by atoms with van der Waals surface area (Å²) in [6.45, 7) is 0. The highest BCUT2D eigenvalue weighted by atomic mass is 19.3. The van der Waals surface area contributed by atoms with E-state index in [4.69, 9.17) is 10.0 Å². The van der Waals surface area contributed by atoms with Crippen molar-refractivity contribution in [2.45, 2.75) is 6.43 Å². The standard InChI is InChI=1S/C8H8BF2NO3/c10-7(11)8(13)12-6-3-1-2-5(4-6)9(14)15/h1-4,7,14-15H,(H,12,13). The summed E-state index contributed by atoms with van der Waals surface area (Å²) in [4.78, 5) is 10.6. The van der Waals surface area contributed by atoms with Crippen molar-refractivity contribution < 1.29 is 23.6 Å². The zero-order valence-corrected chi connectivity index (χ0v) is 7.52. The lowest BCUT2D eigenvalue weighted by Gasteiger charge is -2.06. The molecule has 1 aromatic rings. The third-order valence-corrected chi connectivity index (χ3v) is 1.65. The first kappa shape index (κ1) is 11.6. The van der Waals surface area contributed by atoms with Gasteiger partial charge in [-0.1, -0.05) is 12.1 Å². The van der Waals surface area contributed by atoms with Crippen molar-refractivity contribution in [2.75, 3.05) is 5.32 Å². The van der Waals surface area contributed by atoms with Crippen LogP contribution in [0, 0.1) is 0 Å². The SMILES string of the molecule is O=C(Nc1cccc(B(O)O)c1)C(F)F. The average Bonchev–Trinajstić information content (AvgIpc) is 2.18. The smallest absolute Gasteiger partial charge is 0.423 e. The van der Waals surface area contributed by atoms with Gasteiger partial charge in [-0.2, -0.15) is 8.78 Å². The molecular weight excluding hydrogens is 207 g/mol. The quantitative estimate of drug-likeness (QED) is 0.599. The van der Waals surface area contributed by atoms with Crippen LogP contribution in [0.25, 0.3) is 0 Å². The minimum Gasteiger partial charge on any atom is -0.423 e. The van der Waals surface area contributed by atoms with Gasteiger partial charge in [0.05, 0.1) is 0 Å². The first-order valence-corrected chi connectivity index (χ1v) is 4.06. The maximum Gasteiger partial charge on any atom is 0.488 e. The molecule has 0 saturated heterocycles. The summed E-state index contributed by atoms with van der Waals surface area (Å²) in [5.41, 5.74) is 0.202. The van der Waals surface area contributed by atoms with Crippen LogP contribution in [0.2, 0.25) is 0 Å². The molecule has 0 bridgehead atoms. The van der Waals surface area contributed by atoms with Crippen LogP contribution < -0.4 is 10.8 Å². The molecule has 0 heterocycles. The Labute approximate surface area is 84.7 Å². The highest BCUT2D eigenvalue weighted by Crippen LogP contribution is 2.06. The second kappa shape index (κ2) is 4.85. The molecule has 0 radical (unpaired) electrons. The van der Waals surface area contributed by atoms with Crippen molar-refractivity contribution in [3.8, 4) is 0 Å². The maximum atomic E-state index is 11.9. The van der Waals surface area contributed by atoms with Crippen LogP contribution in [-0.2, 0) is 4.79 Å². The Kier molecular flexibility index (Phi) is 3.76. The molecule has 0 aliphatic heterocycles. The molecule has 0 aliphatic carbocycles. The molecule has 0 aliphatic rings. The second-order valence-electron chi connectivity index (χ2n) is 2.79. The van der Waals surface area contributed by atoms with Crippen molar-refractivity contribution in [3.63, 3.8) is 0 Å². The Morgan fingerprint density at radius 2 is 2.07 bits per heavy atom. The van der Waals surface area contributed by atoms with Crippen LogP contribution in [0.5, 0.6) is 0 Å². The molecule has 15 heavy (non-hydrogen) atoms. The molecule has 0 aromatic heterocycles. The van der Waals surface area contributed by atoms with Gasteiger partial charge in [-0.25, -0.2) is 0 Å². The lowest BCUT2D eigenvalue weighted by Crippen LogP contribution is -2.30. The molecule has 0 spiro atoms. The summed E-state index contributed by atoms with van der Waals surface area (Å²) in [6.07, 6.45) is -3.10. The van der Waals surface area contributed by atoms with Gasteiger partial charge in [-0.05, 0) is 17.6 Å². The van der Waals surface area contributed by atoms with E-state index < -0.39 is 19.5 Å². The highest BCUT2D eigenvalue weighted by molar-refractivity contribution is 6.58. The molecule has 0 atom stereocenters. The number of anilines is 1. The van der Waals surface area contributed by atoms with Crippen molar-refractivity contribution in [3.05, 3.63) is 24.3 Å². The zero-order valence-electron chi connectivity index (χ0n) is 7.52. The minimum atomic E-state index is -3.10. The van der Waals surface area contributed by atoms with Gasteiger partial charge in [0, 0.05) is 5.69 Å². The van der Waals surface area contributed by atoms with Crippen LogP contribution in [-0.4, -0.2) is 29.5 Å². The van der Waals surface area contributed by atoms with Gasteiger partial charge in [0.15, 0.2) is 0 Å². The number of halogens is 2. The second-order valence-corrected chi connectivity index (χ2v) is 2.79. The minimum absolute atomic E-state index is 0.0888. The molecule has 0 unspecified atom stereocenters. The third kappa shape index (κ3) is 3.30. The number of amides is 1. The van der Waals surface area contributed by atoms with E-state index in [1.807, 2.05) is 5.32 Å². The number of hydrogen-bond donors (Lipinski definition) is 3. The van der Waals surface area contributed by atoms with Crippen molar-refractivity contribution in [1.29, 1.82) is 0 Å². The zero-order chi connectivity index (χ0) is 11.4. The Morgan fingerprint density at radius 1 is 1.40 bits per heavy atom. The van der Waals surface area contributed by atoms with Gasteiger partial charge in [0.2, 0.25) is 0 Å².